The Morgan fingerprint density at radius 2 is 2.07 bits per heavy atom. The molecule has 0 aliphatic heterocycles. The van der Waals surface area contributed by atoms with E-state index in [-0.39, 0.29) is 5.75 Å². The third-order valence-corrected chi connectivity index (χ3v) is 3.16. The number of rotatable bonds is 3. The lowest BCUT2D eigenvalue weighted by atomic mass is 10.2. The third-order valence-electron chi connectivity index (χ3n) is 1.64. The molecule has 0 spiro atoms. The number of hydrogen-bond donors (Lipinski definition) is 0. The maximum Gasteiger partial charge on any atom is 0.151 e. The summed E-state index contributed by atoms with van der Waals surface area (Å²) < 4.78 is 27.9. The molecule has 0 radical (unpaired) electrons. The first kappa shape index (κ1) is 11.5. The molecule has 0 N–H and O–H groups in total. The molecular weight excluding hydrogens is 268 g/mol. The number of methoxy groups -OCH3 is 1. The van der Waals surface area contributed by atoms with Crippen LogP contribution < -0.4 is 4.74 Å². The molecule has 0 saturated heterocycles. The molecule has 0 aliphatic carbocycles. The zero-order valence-corrected chi connectivity index (χ0v) is 10.4. The zero-order chi connectivity index (χ0) is 10.8. The van der Waals surface area contributed by atoms with Crippen molar-refractivity contribution in [3.63, 3.8) is 0 Å². The van der Waals surface area contributed by atoms with Crippen LogP contribution in [-0.4, -0.2) is 21.8 Å². The Morgan fingerprint density at radius 3 is 2.57 bits per heavy atom. The molecule has 0 bridgehead atoms. The van der Waals surface area contributed by atoms with Crippen LogP contribution in [0.2, 0.25) is 0 Å². The molecule has 0 unspecified atom stereocenters. The van der Waals surface area contributed by atoms with Crippen molar-refractivity contribution in [3.05, 3.63) is 28.2 Å². The van der Waals surface area contributed by atoms with Gasteiger partial charge in [-0.1, -0.05) is 6.07 Å². The van der Waals surface area contributed by atoms with Crippen molar-refractivity contribution in [3.8, 4) is 5.75 Å². The van der Waals surface area contributed by atoms with E-state index in [1.165, 1.54) is 6.26 Å². The van der Waals surface area contributed by atoms with Crippen molar-refractivity contribution in [1.29, 1.82) is 0 Å². The van der Waals surface area contributed by atoms with Gasteiger partial charge in [-0.3, -0.25) is 0 Å². The molecule has 0 amide bonds. The highest BCUT2D eigenvalue weighted by atomic mass is 79.9. The number of ether oxygens (including phenoxy) is 1. The summed E-state index contributed by atoms with van der Waals surface area (Å²) in [6.45, 7) is 0. The Labute approximate surface area is 92.1 Å². The predicted molar refractivity (Wildman–Crippen MR) is 59.2 cm³/mol. The standard InChI is InChI=1S/C9H11BrO3S/c1-13-9-5-7(3-4-8(9)10)6-14(2,11)12/h3-5H,6H2,1-2H3. The Hall–Kier alpha value is -0.550. The van der Waals surface area contributed by atoms with Gasteiger partial charge in [0.05, 0.1) is 17.3 Å². The molecule has 0 aliphatic rings. The van der Waals surface area contributed by atoms with E-state index in [0.717, 1.165) is 10.0 Å². The fourth-order valence-electron chi connectivity index (χ4n) is 1.10. The summed E-state index contributed by atoms with van der Waals surface area (Å²) in [7, 11) is -1.44. The fraction of sp³-hybridized carbons (Fsp3) is 0.333. The van der Waals surface area contributed by atoms with Crippen LogP contribution in [0.25, 0.3) is 0 Å². The molecular formula is C9H11BrO3S. The van der Waals surface area contributed by atoms with Crippen molar-refractivity contribution in [1.82, 2.24) is 0 Å². The van der Waals surface area contributed by atoms with Crippen molar-refractivity contribution in [2.45, 2.75) is 5.75 Å². The lowest BCUT2D eigenvalue weighted by Gasteiger charge is -2.05. The van der Waals surface area contributed by atoms with E-state index >= 15 is 0 Å². The second-order valence-electron chi connectivity index (χ2n) is 3.04. The molecule has 0 heterocycles. The van der Waals surface area contributed by atoms with Crippen molar-refractivity contribution in [2.24, 2.45) is 0 Å². The molecule has 0 aromatic heterocycles. The largest absolute Gasteiger partial charge is 0.496 e. The average molecular weight is 279 g/mol. The lowest BCUT2D eigenvalue weighted by molar-refractivity contribution is 0.412. The van der Waals surface area contributed by atoms with Crippen molar-refractivity contribution in [2.75, 3.05) is 13.4 Å². The van der Waals surface area contributed by atoms with Crippen LogP contribution in [0.4, 0.5) is 0 Å². The van der Waals surface area contributed by atoms with E-state index in [2.05, 4.69) is 15.9 Å². The fourth-order valence-corrected chi connectivity index (χ4v) is 2.29. The Kier molecular flexibility index (Phi) is 3.55. The van der Waals surface area contributed by atoms with Gasteiger partial charge in [-0.05, 0) is 33.6 Å². The van der Waals surface area contributed by atoms with Gasteiger partial charge in [0.25, 0.3) is 0 Å². The lowest BCUT2D eigenvalue weighted by Crippen LogP contribution is -2.00. The van der Waals surface area contributed by atoms with Gasteiger partial charge >= 0.3 is 0 Å². The summed E-state index contributed by atoms with van der Waals surface area (Å²) in [4.78, 5) is 0. The normalized spacial score (nSPS) is 11.4. The maximum absolute atomic E-state index is 11.0. The Balaban J connectivity index is 3.01. The second kappa shape index (κ2) is 4.31. The Bertz CT molecular complexity index is 426. The minimum Gasteiger partial charge on any atom is -0.496 e. The van der Waals surface area contributed by atoms with Crippen molar-refractivity contribution >= 4 is 25.8 Å². The first-order valence-electron chi connectivity index (χ1n) is 3.92. The van der Waals surface area contributed by atoms with Crippen LogP contribution >= 0.6 is 15.9 Å². The van der Waals surface area contributed by atoms with Crippen LogP contribution in [0, 0.1) is 0 Å². The summed E-state index contributed by atoms with van der Waals surface area (Å²) >= 11 is 3.30. The molecule has 0 saturated carbocycles. The van der Waals surface area contributed by atoms with Gasteiger partial charge in [0, 0.05) is 6.26 Å². The van der Waals surface area contributed by atoms with Crippen LogP contribution in [-0.2, 0) is 15.6 Å². The van der Waals surface area contributed by atoms with E-state index < -0.39 is 9.84 Å². The summed E-state index contributed by atoms with van der Waals surface area (Å²) in [5.74, 6) is 0.683. The van der Waals surface area contributed by atoms with Crippen LogP contribution in [0.15, 0.2) is 22.7 Å². The minimum absolute atomic E-state index is 0.0383. The molecule has 0 atom stereocenters. The van der Waals surface area contributed by atoms with Gasteiger partial charge < -0.3 is 4.74 Å². The molecule has 0 fully saturated rings. The van der Waals surface area contributed by atoms with Gasteiger partial charge in [-0.25, -0.2) is 8.42 Å². The summed E-state index contributed by atoms with van der Waals surface area (Å²) in [5.41, 5.74) is 0.729. The Morgan fingerprint density at radius 1 is 1.43 bits per heavy atom. The SMILES string of the molecule is COc1cc(CS(C)(=O)=O)ccc1Br. The van der Waals surface area contributed by atoms with Crippen LogP contribution in [0.1, 0.15) is 5.56 Å². The summed E-state index contributed by atoms with van der Waals surface area (Å²) in [5, 5.41) is 0. The van der Waals surface area contributed by atoms with Gasteiger partial charge in [-0.15, -0.1) is 0 Å². The summed E-state index contributed by atoms with van der Waals surface area (Å²) in [6, 6.07) is 5.25. The molecule has 1 aromatic rings. The minimum atomic E-state index is -2.99. The highest BCUT2D eigenvalue weighted by molar-refractivity contribution is 9.10. The van der Waals surface area contributed by atoms with E-state index in [0.29, 0.717) is 5.75 Å². The van der Waals surface area contributed by atoms with Gasteiger partial charge in [0.1, 0.15) is 5.75 Å². The molecule has 1 rings (SSSR count). The third kappa shape index (κ3) is 3.31. The summed E-state index contributed by atoms with van der Waals surface area (Å²) in [6.07, 6.45) is 1.21. The molecule has 5 heteroatoms. The van der Waals surface area contributed by atoms with E-state index in [1.54, 1.807) is 25.3 Å². The van der Waals surface area contributed by atoms with Gasteiger partial charge in [-0.2, -0.15) is 0 Å². The molecule has 14 heavy (non-hydrogen) atoms. The first-order chi connectivity index (χ1) is 6.42. The maximum atomic E-state index is 11.0. The number of sulfone groups is 1. The topological polar surface area (TPSA) is 43.4 Å². The highest BCUT2D eigenvalue weighted by Crippen LogP contribution is 2.26. The van der Waals surface area contributed by atoms with Crippen LogP contribution in [0.5, 0.6) is 5.75 Å². The molecule has 1 aromatic carbocycles. The molecule has 3 nitrogen and oxygen atoms in total. The monoisotopic (exact) mass is 278 g/mol. The average Bonchev–Trinajstić information content (AvgIpc) is 2.06. The number of halogens is 1. The van der Waals surface area contributed by atoms with Crippen LogP contribution in [0.3, 0.4) is 0 Å². The molecule has 78 valence electrons. The smallest absolute Gasteiger partial charge is 0.151 e. The van der Waals surface area contributed by atoms with E-state index in [4.69, 9.17) is 4.74 Å². The number of benzene rings is 1. The second-order valence-corrected chi connectivity index (χ2v) is 6.03. The van der Waals surface area contributed by atoms with Gasteiger partial charge in [0.15, 0.2) is 9.84 Å². The van der Waals surface area contributed by atoms with E-state index in [1.807, 2.05) is 0 Å². The van der Waals surface area contributed by atoms with Crippen molar-refractivity contribution < 1.29 is 13.2 Å². The predicted octanol–water partition coefficient (Wildman–Crippen LogP) is 2.00. The van der Waals surface area contributed by atoms with E-state index in [9.17, 15) is 8.42 Å². The number of hydrogen-bond acceptors (Lipinski definition) is 3. The zero-order valence-electron chi connectivity index (χ0n) is 7.95. The highest BCUT2D eigenvalue weighted by Gasteiger charge is 2.07. The first-order valence-corrected chi connectivity index (χ1v) is 6.78. The quantitative estimate of drug-likeness (QED) is 0.850. The van der Waals surface area contributed by atoms with Gasteiger partial charge in [0.2, 0.25) is 0 Å².